The van der Waals surface area contributed by atoms with Crippen molar-refractivity contribution in [3.63, 3.8) is 0 Å². The number of carbonyl (C=O) groups excluding carboxylic acids is 1. The number of H-pyrrole nitrogens is 2. The second-order valence-corrected chi connectivity index (χ2v) is 4.27. The lowest BCUT2D eigenvalue weighted by atomic mass is 9.98. The molecular weight excluding hydrogens is 264 g/mol. The maximum atomic E-state index is 11.8. The van der Waals surface area contributed by atoms with Crippen LogP contribution in [0.2, 0.25) is 0 Å². The van der Waals surface area contributed by atoms with Gasteiger partial charge in [0.25, 0.3) is 5.56 Å². The van der Waals surface area contributed by atoms with Crippen molar-refractivity contribution >= 4 is 5.97 Å². The molecule has 0 atom stereocenters. The maximum Gasteiger partial charge on any atom is 0.338 e. The van der Waals surface area contributed by atoms with Crippen molar-refractivity contribution in [3.8, 4) is 11.6 Å². The molecule has 0 bridgehead atoms. The summed E-state index contributed by atoms with van der Waals surface area (Å²) < 4.78 is 10.2. The number of hydrogen-bond acceptors (Lipinski definition) is 5. The van der Waals surface area contributed by atoms with Crippen LogP contribution in [-0.2, 0) is 11.2 Å². The molecular formula is C13H10N2O5. The normalized spacial score (nSPS) is 12.1. The van der Waals surface area contributed by atoms with Crippen LogP contribution in [0.5, 0.6) is 11.6 Å². The summed E-state index contributed by atoms with van der Waals surface area (Å²) in [6, 6.07) is 4.89. The van der Waals surface area contributed by atoms with E-state index in [1.54, 1.807) is 18.2 Å². The van der Waals surface area contributed by atoms with Gasteiger partial charge in [0.1, 0.15) is 5.75 Å². The van der Waals surface area contributed by atoms with E-state index in [1.165, 1.54) is 7.11 Å². The van der Waals surface area contributed by atoms with Gasteiger partial charge in [-0.1, -0.05) is 6.07 Å². The maximum absolute atomic E-state index is 11.8. The molecule has 3 rings (SSSR count). The Bertz CT molecular complexity index is 818. The average Bonchev–Trinajstić information content (AvgIpc) is 2.44. The number of carbonyl (C=O) groups is 1. The third kappa shape index (κ3) is 1.80. The second kappa shape index (κ2) is 4.37. The summed E-state index contributed by atoms with van der Waals surface area (Å²) in [5, 5.41) is 0. The summed E-state index contributed by atoms with van der Waals surface area (Å²) in [6.45, 7) is 0. The standard InChI is InChI=1S/C13H10N2O5/c1-19-12(17)6-3-2-4-9-7(6)5-8-10(16)14-13(18)15-11(8)20-9/h2-4H,5H2,1H3,(H2,14,15,16,18). The van der Waals surface area contributed by atoms with Crippen LogP contribution in [0.3, 0.4) is 0 Å². The Morgan fingerprint density at radius 3 is 2.80 bits per heavy atom. The molecule has 1 aliphatic rings. The minimum atomic E-state index is -0.638. The smallest absolute Gasteiger partial charge is 0.338 e. The number of nitrogens with one attached hydrogen (secondary N) is 2. The van der Waals surface area contributed by atoms with Crippen LogP contribution in [0.15, 0.2) is 27.8 Å². The van der Waals surface area contributed by atoms with E-state index in [1.807, 2.05) is 0 Å². The lowest BCUT2D eigenvalue weighted by molar-refractivity contribution is 0.0599. The van der Waals surface area contributed by atoms with Gasteiger partial charge in [-0.2, -0.15) is 0 Å². The highest BCUT2D eigenvalue weighted by Gasteiger charge is 2.25. The third-order valence-corrected chi connectivity index (χ3v) is 3.11. The van der Waals surface area contributed by atoms with E-state index < -0.39 is 17.2 Å². The van der Waals surface area contributed by atoms with Crippen molar-refractivity contribution in [2.24, 2.45) is 0 Å². The number of ether oxygens (including phenoxy) is 2. The van der Waals surface area contributed by atoms with Crippen molar-refractivity contribution in [1.29, 1.82) is 0 Å². The van der Waals surface area contributed by atoms with Gasteiger partial charge in [-0.25, -0.2) is 9.59 Å². The number of methoxy groups -OCH3 is 1. The Morgan fingerprint density at radius 1 is 1.25 bits per heavy atom. The van der Waals surface area contributed by atoms with Gasteiger partial charge in [0.15, 0.2) is 0 Å². The zero-order chi connectivity index (χ0) is 14.3. The molecule has 102 valence electrons. The lowest BCUT2D eigenvalue weighted by Gasteiger charge is -2.20. The molecule has 0 saturated heterocycles. The van der Waals surface area contributed by atoms with Gasteiger partial charge in [0.2, 0.25) is 5.88 Å². The Hall–Kier alpha value is -2.83. The number of fused-ring (bicyclic) bond motifs is 2. The quantitative estimate of drug-likeness (QED) is 0.631. The second-order valence-electron chi connectivity index (χ2n) is 4.27. The minimum Gasteiger partial charge on any atom is -0.465 e. The van der Waals surface area contributed by atoms with Gasteiger partial charge in [-0.3, -0.25) is 14.8 Å². The highest BCUT2D eigenvalue weighted by atomic mass is 16.5. The van der Waals surface area contributed by atoms with Crippen molar-refractivity contribution < 1.29 is 14.3 Å². The number of rotatable bonds is 1. The first-order valence-corrected chi connectivity index (χ1v) is 5.83. The van der Waals surface area contributed by atoms with Gasteiger partial charge < -0.3 is 9.47 Å². The predicted molar refractivity (Wildman–Crippen MR) is 68.3 cm³/mol. The van der Waals surface area contributed by atoms with Crippen LogP contribution in [0, 0.1) is 0 Å². The van der Waals surface area contributed by atoms with Crippen molar-refractivity contribution in [1.82, 2.24) is 9.97 Å². The van der Waals surface area contributed by atoms with Gasteiger partial charge in [0, 0.05) is 12.0 Å². The molecule has 0 fully saturated rings. The average molecular weight is 274 g/mol. The monoisotopic (exact) mass is 274 g/mol. The fourth-order valence-electron chi connectivity index (χ4n) is 2.17. The van der Waals surface area contributed by atoms with E-state index in [0.717, 1.165) is 0 Å². The molecule has 1 aromatic carbocycles. The lowest BCUT2D eigenvalue weighted by Crippen LogP contribution is -2.28. The molecule has 7 heteroatoms. The highest BCUT2D eigenvalue weighted by molar-refractivity contribution is 5.92. The van der Waals surface area contributed by atoms with Crippen LogP contribution in [0.1, 0.15) is 21.5 Å². The zero-order valence-corrected chi connectivity index (χ0v) is 10.5. The summed E-state index contributed by atoms with van der Waals surface area (Å²) in [5.41, 5.74) is -0.00510. The first-order chi connectivity index (χ1) is 9.60. The zero-order valence-electron chi connectivity index (χ0n) is 10.5. The topological polar surface area (TPSA) is 101 Å². The van der Waals surface area contributed by atoms with Gasteiger partial charge in [0.05, 0.1) is 18.2 Å². The molecule has 1 aromatic heterocycles. The van der Waals surface area contributed by atoms with Crippen molar-refractivity contribution in [2.45, 2.75) is 6.42 Å². The van der Waals surface area contributed by atoms with E-state index in [-0.39, 0.29) is 17.9 Å². The number of aromatic amines is 2. The molecule has 0 spiro atoms. The fourth-order valence-corrected chi connectivity index (χ4v) is 2.17. The van der Waals surface area contributed by atoms with Crippen LogP contribution < -0.4 is 16.0 Å². The molecule has 2 heterocycles. The van der Waals surface area contributed by atoms with Crippen LogP contribution in [0.4, 0.5) is 0 Å². The molecule has 0 amide bonds. The van der Waals surface area contributed by atoms with Crippen LogP contribution in [0.25, 0.3) is 0 Å². The number of hydrogen-bond donors (Lipinski definition) is 2. The van der Waals surface area contributed by atoms with Crippen molar-refractivity contribution in [3.05, 3.63) is 55.7 Å². The molecule has 0 saturated carbocycles. The molecule has 0 aliphatic carbocycles. The van der Waals surface area contributed by atoms with E-state index >= 15 is 0 Å². The van der Waals surface area contributed by atoms with E-state index in [9.17, 15) is 14.4 Å². The van der Waals surface area contributed by atoms with E-state index in [4.69, 9.17) is 9.47 Å². The molecule has 1 aliphatic heterocycles. The van der Waals surface area contributed by atoms with Crippen LogP contribution in [-0.4, -0.2) is 23.0 Å². The van der Waals surface area contributed by atoms with Crippen LogP contribution >= 0.6 is 0 Å². The van der Waals surface area contributed by atoms with Crippen molar-refractivity contribution in [2.75, 3.05) is 7.11 Å². The predicted octanol–water partition coefficient (Wildman–Crippen LogP) is 0.546. The van der Waals surface area contributed by atoms with Gasteiger partial charge >= 0.3 is 11.7 Å². The first-order valence-electron chi connectivity index (χ1n) is 5.83. The third-order valence-electron chi connectivity index (χ3n) is 3.11. The van der Waals surface area contributed by atoms with Gasteiger partial charge in [-0.15, -0.1) is 0 Å². The number of esters is 1. The van der Waals surface area contributed by atoms with E-state index in [0.29, 0.717) is 16.9 Å². The number of benzene rings is 1. The Kier molecular flexibility index (Phi) is 2.67. The minimum absolute atomic E-state index is 0.105. The Morgan fingerprint density at radius 2 is 2.05 bits per heavy atom. The largest absolute Gasteiger partial charge is 0.465 e. The molecule has 0 unspecified atom stereocenters. The summed E-state index contributed by atoms with van der Waals surface area (Å²) >= 11 is 0. The van der Waals surface area contributed by atoms with Gasteiger partial charge in [-0.05, 0) is 12.1 Å². The fraction of sp³-hybridized carbons (Fsp3) is 0.154. The summed E-state index contributed by atoms with van der Waals surface area (Å²) in [5.74, 6) is 0.0182. The van der Waals surface area contributed by atoms with E-state index in [2.05, 4.69) is 9.97 Å². The Labute approximate surface area is 112 Å². The first kappa shape index (κ1) is 12.2. The molecule has 20 heavy (non-hydrogen) atoms. The summed E-state index contributed by atoms with van der Waals surface area (Å²) in [4.78, 5) is 39.3. The number of aromatic nitrogens is 2. The highest BCUT2D eigenvalue weighted by Crippen LogP contribution is 2.34. The summed E-state index contributed by atoms with van der Waals surface area (Å²) in [7, 11) is 1.28. The molecule has 2 N–H and O–H groups in total. The Balaban J connectivity index is 2.18. The summed E-state index contributed by atoms with van der Waals surface area (Å²) in [6.07, 6.45) is 0.183. The SMILES string of the molecule is COC(=O)c1cccc2c1Cc1c([nH]c(=O)[nH]c1=O)O2. The molecule has 7 nitrogen and oxygen atoms in total. The molecule has 0 radical (unpaired) electrons. The molecule has 2 aromatic rings.